The maximum Gasteiger partial charge on any atom is 0.324 e. The van der Waals surface area contributed by atoms with Crippen LogP contribution in [-0.2, 0) is 0 Å². The topological polar surface area (TPSA) is 51.1 Å². The molecular formula is C7H16N4O. The molecule has 1 aliphatic rings. The lowest BCUT2D eigenvalue weighted by Crippen LogP contribution is -2.45. The summed E-state index contributed by atoms with van der Waals surface area (Å²) in [7, 11) is 0. The molecule has 5 nitrogen and oxygen atoms in total. The SMILES string of the molecule is CCC(C)N1N=C(O)N(CC)N1. The fraction of sp³-hybridized carbons (Fsp3) is 0.857. The Balaban J connectivity index is 2.53. The average molecular weight is 172 g/mol. The highest BCUT2D eigenvalue weighted by atomic mass is 16.3. The van der Waals surface area contributed by atoms with Gasteiger partial charge >= 0.3 is 6.02 Å². The van der Waals surface area contributed by atoms with Gasteiger partial charge in [0.1, 0.15) is 0 Å². The standard InChI is InChI=1S/C7H16N4O/c1-4-6(3)11-8-7(12)10(5-2)9-11/h6,9H,4-5H2,1-3H3,(H,8,12). The zero-order chi connectivity index (χ0) is 9.14. The van der Waals surface area contributed by atoms with Crippen LogP contribution in [0.3, 0.4) is 0 Å². The molecule has 0 spiro atoms. The van der Waals surface area contributed by atoms with Gasteiger partial charge in [0.15, 0.2) is 0 Å². The van der Waals surface area contributed by atoms with E-state index in [9.17, 15) is 5.11 Å². The Morgan fingerprint density at radius 2 is 2.25 bits per heavy atom. The van der Waals surface area contributed by atoms with Crippen LogP contribution in [0.4, 0.5) is 0 Å². The molecule has 0 saturated carbocycles. The molecule has 5 heteroatoms. The number of hydrogen-bond donors (Lipinski definition) is 2. The van der Waals surface area contributed by atoms with Gasteiger partial charge in [-0.1, -0.05) is 6.92 Å². The zero-order valence-electron chi connectivity index (χ0n) is 7.78. The summed E-state index contributed by atoms with van der Waals surface area (Å²) < 4.78 is 0. The molecule has 1 heterocycles. The van der Waals surface area contributed by atoms with Crippen LogP contribution in [-0.4, -0.2) is 33.8 Å². The molecule has 0 bridgehead atoms. The van der Waals surface area contributed by atoms with Crippen LogP contribution in [0.5, 0.6) is 0 Å². The first-order chi connectivity index (χ1) is 5.69. The largest absolute Gasteiger partial charge is 0.478 e. The van der Waals surface area contributed by atoms with Crippen molar-refractivity contribution >= 4 is 6.02 Å². The molecule has 0 radical (unpaired) electrons. The van der Waals surface area contributed by atoms with E-state index in [0.29, 0.717) is 12.6 Å². The monoisotopic (exact) mass is 172 g/mol. The van der Waals surface area contributed by atoms with E-state index >= 15 is 0 Å². The van der Waals surface area contributed by atoms with Crippen molar-refractivity contribution in [1.82, 2.24) is 15.7 Å². The molecule has 0 fully saturated rings. The first kappa shape index (κ1) is 9.12. The van der Waals surface area contributed by atoms with Gasteiger partial charge in [-0.3, -0.25) is 0 Å². The molecule has 0 aliphatic carbocycles. The van der Waals surface area contributed by atoms with Crippen molar-refractivity contribution < 1.29 is 5.11 Å². The van der Waals surface area contributed by atoms with Gasteiger partial charge in [0.2, 0.25) is 0 Å². The lowest BCUT2D eigenvalue weighted by molar-refractivity contribution is 0.0728. The molecule has 0 aromatic rings. The van der Waals surface area contributed by atoms with E-state index in [4.69, 9.17) is 0 Å². The van der Waals surface area contributed by atoms with Crippen molar-refractivity contribution in [3.05, 3.63) is 0 Å². The summed E-state index contributed by atoms with van der Waals surface area (Å²) in [4.78, 5) is 0. The van der Waals surface area contributed by atoms with Crippen molar-refractivity contribution in [3.63, 3.8) is 0 Å². The minimum atomic E-state index is 0.0396. The zero-order valence-corrected chi connectivity index (χ0v) is 7.78. The van der Waals surface area contributed by atoms with E-state index in [1.165, 1.54) is 0 Å². The van der Waals surface area contributed by atoms with Crippen LogP contribution in [0.25, 0.3) is 0 Å². The second kappa shape index (κ2) is 3.62. The lowest BCUT2D eigenvalue weighted by atomic mass is 10.3. The van der Waals surface area contributed by atoms with Crippen molar-refractivity contribution in [1.29, 1.82) is 0 Å². The minimum Gasteiger partial charge on any atom is -0.478 e. The molecule has 1 rings (SSSR count). The van der Waals surface area contributed by atoms with Crippen molar-refractivity contribution in [3.8, 4) is 0 Å². The normalized spacial score (nSPS) is 19.8. The summed E-state index contributed by atoms with van der Waals surface area (Å²) in [5.41, 5.74) is 2.95. The Labute approximate surface area is 72.6 Å². The van der Waals surface area contributed by atoms with Crippen LogP contribution in [0, 0.1) is 0 Å². The van der Waals surface area contributed by atoms with Gasteiger partial charge in [-0.15, -0.1) is 10.6 Å². The predicted molar refractivity (Wildman–Crippen MR) is 47.2 cm³/mol. The molecule has 1 atom stereocenters. The number of hydrazine groups is 2. The van der Waals surface area contributed by atoms with Crippen LogP contribution in [0.1, 0.15) is 27.2 Å². The Kier molecular flexibility index (Phi) is 2.75. The van der Waals surface area contributed by atoms with Crippen molar-refractivity contribution in [2.24, 2.45) is 5.10 Å². The number of hydrazone groups is 1. The summed E-state index contributed by atoms with van der Waals surface area (Å²) in [6.07, 6.45) is 0.987. The molecule has 0 aromatic carbocycles. The van der Waals surface area contributed by atoms with Crippen LogP contribution < -0.4 is 5.53 Å². The van der Waals surface area contributed by atoms with E-state index in [0.717, 1.165) is 6.42 Å². The van der Waals surface area contributed by atoms with Gasteiger partial charge in [-0.05, 0) is 20.3 Å². The quantitative estimate of drug-likeness (QED) is 0.657. The van der Waals surface area contributed by atoms with E-state index in [1.54, 1.807) is 10.1 Å². The van der Waals surface area contributed by atoms with E-state index in [-0.39, 0.29) is 6.02 Å². The summed E-state index contributed by atoms with van der Waals surface area (Å²) in [5, 5.41) is 16.5. The molecule has 0 aromatic heterocycles. The van der Waals surface area contributed by atoms with Crippen molar-refractivity contribution in [2.75, 3.05) is 6.54 Å². The predicted octanol–water partition coefficient (Wildman–Crippen LogP) is 0.671. The van der Waals surface area contributed by atoms with Gasteiger partial charge in [-0.2, -0.15) is 0 Å². The van der Waals surface area contributed by atoms with Gasteiger partial charge in [-0.25, -0.2) is 10.1 Å². The third-order valence-electron chi connectivity index (χ3n) is 1.99. The number of amidine groups is 1. The minimum absolute atomic E-state index is 0.0396. The molecule has 0 amide bonds. The van der Waals surface area contributed by atoms with Gasteiger partial charge in [0, 0.05) is 6.54 Å². The van der Waals surface area contributed by atoms with E-state index in [1.807, 2.05) is 13.8 Å². The Morgan fingerprint density at radius 1 is 1.58 bits per heavy atom. The van der Waals surface area contributed by atoms with Gasteiger partial charge in [0.25, 0.3) is 0 Å². The van der Waals surface area contributed by atoms with Crippen LogP contribution in [0.2, 0.25) is 0 Å². The highest BCUT2D eigenvalue weighted by Crippen LogP contribution is 2.07. The van der Waals surface area contributed by atoms with E-state index in [2.05, 4.69) is 17.6 Å². The highest BCUT2D eigenvalue weighted by molar-refractivity contribution is 5.71. The molecular weight excluding hydrogens is 156 g/mol. The summed E-state index contributed by atoms with van der Waals surface area (Å²) in [5.74, 6) is 0. The molecule has 1 unspecified atom stereocenters. The van der Waals surface area contributed by atoms with Gasteiger partial charge < -0.3 is 5.11 Å². The highest BCUT2D eigenvalue weighted by Gasteiger charge is 2.22. The summed E-state index contributed by atoms with van der Waals surface area (Å²) in [6, 6.07) is 0.335. The maximum absolute atomic E-state index is 9.28. The van der Waals surface area contributed by atoms with Crippen LogP contribution >= 0.6 is 0 Å². The average Bonchev–Trinajstić information content (AvgIpc) is 2.45. The molecule has 1 aliphatic heterocycles. The van der Waals surface area contributed by atoms with Crippen LogP contribution in [0.15, 0.2) is 5.10 Å². The molecule has 70 valence electrons. The summed E-state index contributed by atoms with van der Waals surface area (Å²) in [6.45, 7) is 6.76. The van der Waals surface area contributed by atoms with E-state index < -0.39 is 0 Å². The summed E-state index contributed by atoms with van der Waals surface area (Å²) >= 11 is 0. The van der Waals surface area contributed by atoms with Gasteiger partial charge in [0.05, 0.1) is 6.04 Å². The number of hydrogen-bond acceptors (Lipinski definition) is 4. The first-order valence-electron chi connectivity index (χ1n) is 4.29. The second-order valence-corrected chi connectivity index (χ2v) is 2.85. The second-order valence-electron chi connectivity index (χ2n) is 2.85. The number of nitrogens with zero attached hydrogens (tertiary/aromatic N) is 3. The first-order valence-corrected chi connectivity index (χ1v) is 4.29. The third-order valence-corrected chi connectivity index (χ3v) is 1.99. The molecule has 2 N–H and O–H groups in total. The molecule has 0 saturated heterocycles. The Hall–Kier alpha value is -0.970. The smallest absolute Gasteiger partial charge is 0.324 e. The number of nitrogens with one attached hydrogen (secondary N) is 1. The third kappa shape index (κ3) is 1.61. The Morgan fingerprint density at radius 3 is 2.67 bits per heavy atom. The fourth-order valence-corrected chi connectivity index (χ4v) is 0.923. The Bertz CT molecular complexity index is 182. The number of rotatable bonds is 3. The maximum atomic E-state index is 9.28. The fourth-order valence-electron chi connectivity index (χ4n) is 0.923. The number of aliphatic hydroxyl groups excluding tert-OH is 1. The lowest BCUT2D eigenvalue weighted by Gasteiger charge is -2.22. The molecule has 12 heavy (non-hydrogen) atoms. The van der Waals surface area contributed by atoms with Crippen molar-refractivity contribution in [2.45, 2.75) is 33.2 Å². The number of aliphatic hydroxyl groups is 1.